The Morgan fingerprint density at radius 1 is 1.43 bits per heavy atom. The minimum Gasteiger partial charge on any atom is -0.466 e. The third-order valence-electron chi connectivity index (χ3n) is 2.56. The van der Waals surface area contributed by atoms with Crippen LogP contribution in [-0.2, 0) is 0 Å². The first-order chi connectivity index (χ1) is 10.7. The third-order valence-corrected chi connectivity index (χ3v) is 3.60. The van der Waals surface area contributed by atoms with Crippen molar-refractivity contribution in [3.63, 3.8) is 0 Å². The number of para-hydroxylation sites is 1. The second-order valence-corrected chi connectivity index (χ2v) is 7.08. The quantitative estimate of drug-likeness (QED) is 0.598. The summed E-state index contributed by atoms with van der Waals surface area (Å²) in [6, 6.07) is 6.19. The Morgan fingerprint density at radius 2 is 2.09 bits per heavy atom. The molecule has 0 fully saturated rings. The molecule has 2 rings (SSSR count). The smallest absolute Gasteiger partial charge is 0.444 e. The van der Waals surface area contributed by atoms with Crippen LogP contribution in [0, 0.1) is 0 Å². The van der Waals surface area contributed by atoms with Crippen LogP contribution in [0.1, 0.15) is 0 Å². The van der Waals surface area contributed by atoms with Gasteiger partial charge in [-0.25, -0.2) is 9.10 Å². The lowest BCUT2D eigenvalue weighted by atomic mass is 10.2. The largest absolute Gasteiger partial charge is 0.466 e. The van der Waals surface area contributed by atoms with E-state index in [4.69, 9.17) is 32.8 Å². The number of ether oxygens (including phenoxy) is 1. The lowest BCUT2D eigenvalue weighted by molar-refractivity contribution is 0.100. The second kappa shape index (κ2) is 6.81. The minimum absolute atomic E-state index is 0.153. The van der Waals surface area contributed by atoms with Crippen LogP contribution in [0.15, 0.2) is 29.1 Å². The van der Waals surface area contributed by atoms with Gasteiger partial charge in [-0.05, 0) is 12.1 Å². The molecule has 11 heteroatoms. The molecule has 0 N–H and O–H groups in total. The molecule has 2 aromatic rings. The average molecular weight is 382 g/mol. The highest BCUT2D eigenvalue weighted by Gasteiger charge is 2.30. The van der Waals surface area contributed by atoms with E-state index in [0.29, 0.717) is 14.6 Å². The summed E-state index contributed by atoms with van der Waals surface area (Å²) >= 11 is 10.5. The number of rotatable bonds is 4. The molecule has 1 amide bonds. The molecular weight excluding hydrogens is 372 g/mol. The van der Waals surface area contributed by atoms with Gasteiger partial charge in [-0.1, -0.05) is 40.1 Å². The van der Waals surface area contributed by atoms with E-state index in [9.17, 15) is 14.0 Å². The molecule has 1 aromatic heterocycles. The molecule has 0 saturated heterocycles. The number of nitrogens with zero attached hydrogens (tertiary/aromatic N) is 3. The van der Waals surface area contributed by atoms with Crippen molar-refractivity contribution in [3.05, 3.63) is 34.6 Å². The summed E-state index contributed by atoms with van der Waals surface area (Å²) in [5, 5.41) is 0.214. The van der Waals surface area contributed by atoms with Crippen molar-refractivity contribution >= 4 is 52.1 Å². The molecule has 0 radical (unpaired) electrons. The second-order valence-electron chi connectivity index (χ2n) is 4.11. The predicted molar refractivity (Wildman–Crippen MR) is 85.4 cm³/mol. The van der Waals surface area contributed by atoms with Crippen molar-refractivity contribution in [2.45, 2.75) is 3.92 Å². The predicted octanol–water partition coefficient (Wildman–Crippen LogP) is 2.59. The van der Waals surface area contributed by atoms with Gasteiger partial charge in [0.25, 0.3) is 5.56 Å². The number of hydrogen-bond acceptors (Lipinski definition) is 6. The van der Waals surface area contributed by atoms with Crippen LogP contribution in [-0.4, -0.2) is 38.2 Å². The maximum Gasteiger partial charge on any atom is 0.444 e. The highest BCUT2D eigenvalue weighted by molar-refractivity contribution is 8.01. The number of fused-ring (bicyclic) bond motifs is 1. The van der Waals surface area contributed by atoms with Gasteiger partial charge in [0, 0.05) is 19.0 Å². The Labute approximate surface area is 144 Å². The molecule has 124 valence electrons. The van der Waals surface area contributed by atoms with Crippen molar-refractivity contribution in [1.29, 1.82) is 0 Å². The van der Waals surface area contributed by atoms with E-state index in [1.54, 1.807) is 18.2 Å². The van der Waals surface area contributed by atoms with E-state index in [0.717, 1.165) is 7.05 Å². The van der Waals surface area contributed by atoms with E-state index < -0.39 is 15.6 Å². The molecular formula is C12H10Cl2FN3O4S. The third kappa shape index (κ3) is 4.18. The first-order valence-corrected chi connectivity index (χ1v) is 7.53. The van der Waals surface area contributed by atoms with Gasteiger partial charge < -0.3 is 9.57 Å². The molecule has 0 aliphatic heterocycles. The van der Waals surface area contributed by atoms with Crippen LogP contribution >= 0.6 is 35.1 Å². The fourth-order valence-electron chi connectivity index (χ4n) is 1.63. The van der Waals surface area contributed by atoms with Crippen LogP contribution in [0.3, 0.4) is 0 Å². The van der Waals surface area contributed by atoms with Crippen LogP contribution < -0.4 is 15.1 Å². The van der Waals surface area contributed by atoms with Gasteiger partial charge in [0.1, 0.15) is 0 Å². The van der Waals surface area contributed by atoms with Gasteiger partial charge in [-0.2, -0.15) is 9.37 Å². The number of halogens is 3. The Balaban J connectivity index is 2.37. The van der Waals surface area contributed by atoms with Gasteiger partial charge in [0.2, 0.25) is 0 Å². The zero-order chi connectivity index (χ0) is 17.2. The van der Waals surface area contributed by atoms with E-state index >= 15 is 0 Å². The number of hydrogen-bond donors (Lipinski definition) is 0. The first kappa shape index (κ1) is 17.6. The molecule has 1 heterocycles. The minimum atomic E-state index is -2.73. The van der Waals surface area contributed by atoms with Crippen molar-refractivity contribution in [2.24, 2.45) is 0 Å². The summed E-state index contributed by atoms with van der Waals surface area (Å²) in [5.74, 6) is 0. The number of benzene rings is 1. The highest BCUT2D eigenvalue weighted by atomic mass is 35.5. The van der Waals surface area contributed by atoms with Crippen molar-refractivity contribution in [2.75, 3.05) is 14.2 Å². The van der Waals surface area contributed by atoms with Gasteiger partial charge >= 0.3 is 16.0 Å². The Kier molecular flexibility index (Phi) is 5.23. The molecule has 0 aliphatic carbocycles. The number of aromatic nitrogens is 2. The maximum absolute atomic E-state index is 13.1. The molecule has 0 saturated carbocycles. The Morgan fingerprint density at radius 3 is 2.70 bits per heavy atom. The van der Waals surface area contributed by atoms with Crippen molar-refractivity contribution in [3.8, 4) is 6.01 Å². The Hall–Kier alpha value is -1.71. The van der Waals surface area contributed by atoms with Gasteiger partial charge in [0.05, 0.1) is 18.0 Å². The molecule has 0 aliphatic rings. The molecule has 1 aromatic carbocycles. The van der Waals surface area contributed by atoms with Crippen LogP contribution in [0.4, 0.5) is 9.18 Å². The van der Waals surface area contributed by atoms with Crippen LogP contribution in [0.25, 0.3) is 10.9 Å². The first-order valence-electron chi connectivity index (χ1n) is 6.00. The van der Waals surface area contributed by atoms with E-state index in [2.05, 4.69) is 4.98 Å². The zero-order valence-electron chi connectivity index (χ0n) is 11.8. The van der Waals surface area contributed by atoms with Gasteiger partial charge in [-0.3, -0.25) is 4.79 Å². The highest BCUT2D eigenvalue weighted by Crippen LogP contribution is 2.37. The van der Waals surface area contributed by atoms with Crippen LogP contribution in [0.2, 0.25) is 0 Å². The number of carbonyl (C=O) groups is 1. The van der Waals surface area contributed by atoms with Crippen molar-refractivity contribution in [1.82, 2.24) is 14.0 Å². The summed E-state index contributed by atoms with van der Waals surface area (Å²) in [7, 11) is 2.42. The summed E-state index contributed by atoms with van der Waals surface area (Å²) in [4.78, 5) is 33.2. The number of amides is 1. The fraction of sp³-hybridized carbons (Fsp3) is 0.250. The van der Waals surface area contributed by atoms with Gasteiger partial charge in [-0.15, -0.1) is 0 Å². The maximum atomic E-state index is 13.1. The van der Waals surface area contributed by atoms with Gasteiger partial charge in [0.15, 0.2) is 0 Å². The molecule has 0 bridgehead atoms. The van der Waals surface area contributed by atoms with Crippen LogP contribution in [0.5, 0.6) is 6.01 Å². The lowest BCUT2D eigenvalue weighted by Crippen LogP contribution is -2.37. The molecule has 0 atom stereocenters. The molecule has 0 spiro atoms. The molecule has 0 unspecified atom stereocenters. The fourth-order valence-corrected chi connectivity index (χ4v) is 2.67. The van der Waals surface area contributed by atoms with E-state index in [-0.39, 0.29) is 23.3 Å². The van der Waals surface area contributed by atoms with Crippen molar-refractivity contribution < 1.29 is 18.8 Å². The lowest BCUT2D eigenvalue weighted by Gasteiger charge is -2.19. The summed E-state index contributed by atoms with van der Waals surface area (Å²) < 4.78 is 16.6. The number of methoxy groups -OCH3 is 1. The summed E-state index contributed by atoms with van der Waals surface area (Å²) in [6.07, 6.45) is -1.10. The standard InChI is InChI=1S/C12H10Cl2FN3O4S/c1-17(23-12(13,14)15)11(20)22-18-9(19)7-5-3-4-6-8(7)16-10(18)21-2/h3-6H,1-2H3. The summed E-state index contributed by atoms with van der Waals surface area (Å²) in [6.45, 7) is 0. The number of alkyl halides is 3. The van der Waals surface area contributed by atoms with E-state index in [1.165, 1.54) is 13.2 Å². The van der Waals surface area contributed by atoms with E-state index in [1.807, 2.05) is 0 Å². The Bertz CT molecular complexity index is 796. The summed E-state index contributed by atoms with van der Waals surface area (Å²) in [5.41, 5.74) is -0.295. The SMILES string of the molecule is COc1nc2ccccc2c(=O)n1OC(=O)N(C)SC(F)(Cl)Cl. The number of carbonyl (C=O) groups excluding carboxylic acids is 1. The zero-order valence-corrected chi connectivity index (χ0v) is 14.2. The topological polar surface area (TPSA) is 73.7 Å². The molecule has 7 nitrogen and oxygen atoms in total. The molecule has 23 heavy (non-hydrogen) atoms. The average Bonchev–Trinajstić information content (AvgIpc) is 2.48. The monoisotopic (exact) mass is 381 g/mol. The normalized spacial score (nSPS) is 11.3.